The molecule has 1 rings (SSSR count). The summed E-state index contributed by atoms with van der Waals surface area (Å²) in [6.45, 7) is 9.77. The van der Waals surface area contributed by atoms with Gasteiger partial charge in [0.25, 0.3) is 0 Å². The maximum absolute atomic E-state index is 5.63. The number of nitrogens with two attached hydrogens (primary N) is 1. The first kappa shape index (κ1) is 15.4. The fraction of sp³-hybridized carbons (Fsp3) is 0.750. The van der Waals surface area contributed by atoms with Gasteiger partial charge in [-0.3, -0.25) is 0 Å². The van der Waals surface area contributed by atoms with Gasteiger partial charge in [0.2, 0.25) is 11.9 Å². The van der Waals surface area contributed by atoms with Crippen molar-refractivity contribution in [3.8, 4) is 6.01 Å². The number of hydrogen-bond donors (Lipinski definition) is 2. The molecule has 0 aliphatic rings. The van der Waals surface area contributed by atoms with E-state index in [0.717, 1.165) is 0 Å². The summed E-state index contributed by atoms with van der Waals surface area (Å²) in [5.74, 6) is 0.925. The average molecular weight is 269 g/mol. The minimum Gasteiger partial charge on any atom is -0.464 e. The van der Waals surface area contributed by atoms with Gasteiger partial charge in [0.15, 0.2) is 0 Å². The van der Waals surface area contributed by atoms with Crippen LogP contribution >= 0.6 is 0 Å². The molecule has 0 saturated carbocycles. The highest BCUT2D eigenvalue weighted by Crippen LogP contribution is 2.13. The van der Waals surface area contributed by atoms with Crippen LogP contribution in [0, 0.1) is 5.92 Å². The lowest BCUT2D eigenvalue weighted by atomic mass is 10.1. The van der Waals surface area contributed by atoms with Gasteiger partial charge in [-0.2, -0.15) is 15.0 Å². The molecule has 3 N–H and O–H groups in total. The lowest BCUT2D eigenvalue weighted by molar-refractivity contribution is 0.126. The van der Waals surface area contributed by atoms with Crippen LogP contribution in [-0.2, 0) is 4.74 Å². The van der Waals surface area contributed by atoms with Gasteiger partial charge in [0, 0.05) is 6.61 Å². The first-order valence-electron chi connectivity index (χ1n) is 6.55. The molecule has 7 nitrogen and oxygen atoms in total. The predicted octanol–water partition coefficient (Wildman–Crippen LogP) is 1.33. The van der Waals surface area contributed by atoms with Crippen molar-refractivity contribution < 1.29 is 9.47 Å². The van der Waals surface area contributed by atoms with E-state index in [9.17, 15) is 0 Å². The summed E-state index contributed by atoms with van der Waals surface area (Å²) in [4.78, 5) is 12.1. The minimum absolute atomic E-state index is 0.108. The van der Waals surface area contributed by atoms with Gasteiger partial charge in [-0.25, -0.2) is 0 Å². The van der Waals surface area contributed by atoms with Crippen molar-refractivity contribution in [2.24, 2.45) is 5.92 Å². The van der Waals surface area contributed by atoms with Crippen LogP contribution in [0.5, 0.6) is 6.01 Å². The molecule has 0 radical (unpaired) electrons. The lowest BCUT2D eigenvalue weighted by Crippen LogP contribution is -2.32. The largest absolute Gasteiger partial charge is 0.464 e. The molecule has 19 heavy (non-hydrogen) atoms. The second kappa shape index (κ2) is 7.73. The highest BCUT2D eigenvalue weighted by Gasteiger charge is 2.16. The number of ether oxygens (including phenoxy) is 2. The highest BCUT2D eigenvalue weighted by molar-refractivity contribution is 5.33. The van der Waals surface area contributed by atoms with Crippen LogP contribution in [0.2, 0.25) is 0 Å². The molecule has 1 atom stereocenters. The quantitative estimate of drug-likeness (QED) is 0.735. The number of aromatic nitrogens is 3. The summed E-state index contributed by atoms with van der Waals surface area (Å²) < 4.78 is 10.7. The minimum atomic E-state index is 0.108. The standard InChI is InChI=1S/C12H23N5O2/c1-5-18-7-9(8(3)4)14-11-15-10(13)16-12(17-11)19-6-2/h8-9H,5-7H2,1-4H3,(H3,13,14,15,16,17). The summed E-state index contributed by atoms with van der Waals surface area (Å²) in [6, 6.07) is 0.340. The predicted molar refractivity (Wildman–Crippen MR) is 74.2 cm³/mol. The number of nitrogen functional groups attached to an aromatic ring is 1. The number of hydrogen-bond acceptors (Lipinski definition) is 7. The van der Waals surface area contributed by atoms with Crippen LogP contribution in [0.3, 0.4) is 0 Å². The Morgan fingerprint density at radius 3 is 2.47 bits per heavy atom. The zero-order valence-electron chi connectivity index (χ0n) is 12.0. The van der Waals surface area contributed by atoms with Crippen molar-refractivity contribution >= 4 is 11.9 Å². The Morgan fingerprint density at radius 2 is 1.89 bits per heavy atom. The third-order valence-corrected chi connectivity index (χ3v) is 2.53. The number of nitrogens with one attached hydrogen (secondary N) is 1. The molecular formula is C12H23N5O2. The summed E-state index contributed by atoms with van der Waals surface area (Å²) >= 11 is 0. The van der Waals surface area contributed by atoms with Crippen molar-refractivity contribution in [2.45, 2.75) is 33.7 Å². The topological polar surface area (TPSA) is 95.2 Å². The Bertz CT molecular complexity index is 386. The Balaban J connectivity index is 2.77. The maximum Gasteiger partial charge on any atom is 0.323 e. The van der Waals surface area contributed by atoms with Crippen LogP contribution in [0.4, 0.5) is 11.9 Å². The van der Waals surface area contributed by atoms with Gasteiger partial charge < -0.3 is 20.5 Å². The highest BCUT2D eigenvalue weighted by atomic mass is 16.5. The van der Waals surface area contributed by atoms with E-state index >= 15 is 0 Å². The van der Waals surface area contributed by atoms with Gasteiger partial charge in [-0.15, -0.1) is 0 Å². The Kier molecular flexibility index (Phi) is 6.27. The fourth-order valence-corrected chi connectivity index (χ4v) is 1.44. The van der Waals surface area contributed by atoms with Gasteiger partial charge in [-0.1, -0.05) is 13.8 Å². The van der Waals surface area contributed by atoms with E-state index in [-0.39, 0.29) is 18.0 Å². The first-order chi connectivity index (χ1) is 9.06. The van der Waals surface area contributed by atoms with Crippen molar-refractivity contribution in [3.05, 3.63) is 0 Å². The van der Waals surface area contributed by atoms with Crippen molar-refractivity contribution in [2.75, 3.05) is 30.9 Å². The second-order valence-electron chi connectivity index (χ2n) is 4.39. The molecular weight excluding hydrogens is 246 g/mol. The smallest absolute Gasteiger partial charge is 0.323 e. The van der Waals surface area contributed by atoms with Gasteiger partial charge in [0.1, 0.15) is 0 Å². The lowest BCUT2D eigenvalue weighted by Gasteiger charge is -2.22. The fourth-order valence-electron chi connectivity index (χ4n) is 1.44. The van der Waals surface area contributed by atoms with E-state index < -0.39 is 0 Å². The summed E-state index contributed by atoms with van der Waals surface area (Å²) in [7, 11) is 0. The zero-order chi connectivity index (χ0) is 14.3. The molecule has 0 saturated heterocycles. The monoisotopic (exact) mass is 269 g/mol. The molecule has 0 bridgehead atoms. The first-order valence-corrected chi connectivity index (χ1v) is 6.55. The molecule has 0 spiro atoms. The van der Waals surface area contributed by atoms with Crippen LogP contribution < -0.4 is 15.8 Å². The van der Waals surface area contributed by atoms with E-state index in [0.29, 0.717) is 31.7 Å². The molecule has 1 unspecified atom stereocenters. The molecule has 0 aliphatic heterocycles. The molecule has 0 fully saturated rings. The van der Waals surface area contributed by atoms with E-state index in [1.165, 1.54) is 0 Å². The van der Waals surface area contributed by atoms with Crippen LogP contribution in [-0.4, -0.2) is 40.8 Å². The Morgan fingerprint density at radius 1 is 1.16 bits per heavy atom. The molecule has 0 aliphatic carbocycles. The van der Waals surface area contributed by atoms with E-state index in [1.807, 2.05) is 13.8 Å². The third kappa shape index (κ3) is 5.25. The van der Waals surface area contributed by atoms with Crippen molar-refractivity contribution in [3.63, 3.8) is 0 Å². The molecule has 1 aromatic heterocycles. The van der Waals surface area contributed by atoms with Gasteiger partial charge in [-0.05, 0) is 19.8 Å². The Hall–Kier alpha value is -1.63. The SMILES string of the molecule is CCOCC(Nc1nc(N)nc(OCC)n1)C(C)C. The van der Waals surface area contributed by atoms with Crippen molar-refractivity contribution in [1.29, 1.82) is 0 Å². The van der Waals surface area contributed by atoms with E-state index in [2.05, 4.69) is 34.1 Å². The third-order valence-electron chi connectivity index (χ3n) is 2.53. The summed E-state index contributed by atoms with van der Waals surface area (Å²) in [6.07, 6.45) is 0. The van der Waals surface area contributed by atoms with Crippen LogP contribution in [0.25, 0.3) is 0 Å². The number of rotatable bonds is 8. The summed E-state index contributed by atoms with van der Waals surface area (Å²) in [5.41, 5.74) is 5.63. The van der Waals surface area contributed by atoms with E-state index in [4.69, 9.17) is 15.2 Å². The maximum atomic E-state index is 5.63. The number of nitrogens with zero attached hydrogens (tertiary/aromatic N) is 3. The molecule has 0 aromatic carbocycles. The zero-order valence-corrected chi connectivity index (χ0v) is 12.0. The summed E-state index contributed by atoms with van der Waals surface area (Å²) in [5, 5.41) is 3.21. The van der Waals surface area contributed by atoms with E-state index in [1.54, 1.807) is 0 Å². The van der Waals surface area contributed by atoms with Gasteiger partial charge in [0.05, 0.1) is 19.3 Å². The molecule has 7 heteroatoms. The van der Waals surface area contributed by atoms with Gasteiger partial charge >= 0.3 is 6.01 Å². The van der Waals surface area contributed by atoms with Crippen LogP contribution in [0.15, 0.2) is 0 Å². The number of anilines is 2. The molecule has 0 amide bonds. The average Bonchev–Trinajstić information content (AvgIpc) is 2.33. The molecule has 1 aromatic rings. The molecule has 1 heterocycles. The normalized spacial score (nSPS) is 12.5. The van der Waals surface area contributed by atoms with Crippen LogP contribution in [0.1, 0.15) is 27.7 Å². The van der Waals surface area contributed by atoms with Crippen molar-refractivity contribution in [1.82, 2.24) is 15.0 Å². The second-order valence-corrected chi connectivity index (χ2v) is 4.39. The molecule has 108 valence electrons. The Labute approximate surface area is 113 Å².